The van der Waals surface area contributed by atoms with Gasteiger partial charge < -0.3 is 9.64 Å². The Morgan fingerprint density at radius 3 is 2.26 bits per heavy atom. The molecule has 0 atom stereocenters. The van der Waals surface area contributed by atoms with Crippen LogP contribution in [0.1, 0.15) is 103 Å². The first-order chi connectivity index (χ1) is 15.0. The predicted octanol–water partition coefficient (Wildman–Crippen LogP) is 7.18. The molecule has 1 heterocycles. The number of rotatable bonds is 15. The van der Waals surface area contributed by atoms with Crippen molar-refractivity contribution >= 4 is 5.97 Å². The van der Waals surface area contributed by atoms with Gasteiger partial charge in [0, 0.05) is 38.8 Å². The topological polar surface area (TPSA) is 29.5 Å². The molecule has 0 spiro atoms. The maximum Gasteiger partial charge on any atom is 0.306 e. The highest BCUT2D eigenvalue weighted by Gasteiger charge is 2.38. The van der Waals surface area contributed by atoms with E-state index in [0.29, 0.717) is 6.42 Å². The molecule has 0 amide bonds. The summed E-state index contributed by atoms with van der Waals surface area (Å²) in [6.45, 7) is 10.1. The first-order valence-electron chi connectivity index (χ1n) is 13.0. The first-order valence-corrected chi connectivity index (χ1v) is 13.0. The molecule has 1 aromatic rings. The normalized spacial score (nSPS) is 16.5. The van der Waals surface area contributed by atoms with Crippen LogP contribution in [0.3, 0.4) is 0 Å². The van der Waals surface area contributed by atoms with E-state index in [0.717, 1.165) is 51.1 Å². The minimum absolute atomic E-state index is 0.0118. The smallest absolute Gasteiger partial charge is 0.306 e. The Morgan fingerprint density at radius 2 is 1.61 bits per heavy atom. The Kier molecular flexibility index (Phi) is 12.3. The van der Waals surface area contributed by atoms with Gasteiger partial charge in [-0.3, -0.25) is 4.79 Å². The maximum absolute atomic E-state index is 12.7. The van der Waals surface area contributed by atoms with E-state index in [1.165, 1.54) is 57.1 Å². The second-order valence-corrected chi connectivity index (χ2v) is 10.1. The number of benzene rings is 1. The number of hydrogen-bond acceptors (Lipinski definition) is 3. The molecule has 0 radical (unpaired) electrons. The average Bonchev–Trinajstić information content (AvgIpc) is 2.75. The van der Waals surface area contributed by atoms with Gasteiger partial charge in [-0.2, -0.15) is 0 Å². The monoisotopic (exact) mass is 429 g/mol. The molecule has 1 fully saturated rings. The summed E-state index contributed by atoms with van der Waals surface area (Å²) >= 11 is 0. The quantitative estimate of drug-likeness (QED) is 0.218. The largest absolute Gasteiger partial charge is 0.459 e. The molecule has 0 aromatic heterocycles. The lowest BCUT2D eigenvalue weighted by molar-refractivity contribution is -0.165. The van der Waals surface area contributed by atoms with Crippen LogP contribution in [0, 0.1) is 5.92 Å². The number of esters is 1. The summed E-state index contributed by atoms with van der Waals surface area (Å²) in [4.78, 5) is 15.3. The van der Waals surface area contributed by atoms with Crippen LogP contribution in [0.25, 0.3) is 0 Å². The molecule has 0 unspecified atom stereocenters. The molecule has 1 aliphatic rings. The zero-order valence-corrected chi connectivity index (χ0v) is 20.5. The van der Waals surface area contributed by atoms with Crippen molar-refractivity contribution < 1.29 is 9.53 Å². The summed E-state index contributed by atoms with van der Waals surface area (Å²) in [7, 11) is 0. The standard InChI is InChI=1S/C28H47NO2/c1-4-5-6-7-8-9-13-18-27(30)31-28(24-26-16-11-10-12-17-26)19-22-29(23-20-28)21-14-15-25(2)3/h10-12,16-17,25H,4-9,13-15,18-24H2,1-3H3. The number of hydrogen-bond donors (Lipinski definition) is 0. The SMILES string of the molecule is CCCCCCCCCC(=O)OC1(Cc2ccccc2)CCN(CCCC(C)C)CC1. The maximum atomic E-state index is 12.7. The minimum atomic E-state index is -0.325. The molecule has 1 saturated heterocycles. The van der Waals surface area contributed by atoms with Crippen molar-refractivity contribution in [3.8, 4) is 0 Å². The van der Waals surface area contributed by atoms with Gasteiger partial charge in [0.1, 0.15) is 5.60 Å². The van der Waals surface area contributed by atoms with E-state index >= 15 is 0 Å². The highest BCUT2D eigenvalue weighted by Crippen LogP contribution is 2.31. The molecule has 0 bridgehead atoms. The van der Waals surface area contributed by atoms with Crippen LogP contribution in [-0.4, -0.2) is 36.1 Å². The lowest BCUT2D eigenvalue weighted by atomic mass is 9.84. The van der Waals surface area contributed by atoms with Gasteiger partial charge in [0.15, 0.2) is 0 Å². The fourth-order valence-corrected chi connectivity index (χ4v) is 4.71. The Bertz CT molecular complexity index is 590. The fourth-order valence-electron chi connectivity index (χ4n) is 4.71. The third-order valence-electron chi connectivity index (χ3n) is 6.71. The summed E-state index contributed by atoms with van der Waals surface area (Å²) < 4.78 is 6.25. The van der Waals surface area contributed by atoms with E-state index in [-0.39, 0.29) is 11.6 Å². The van der Waals surface area contributed by atoms with Gasteiger partial charge >= 0.3 is 5.97 Å². The van der Waals surface area contributed by atoms with Gasteiger partial charge in [0.05, 0.1) is 0 Å². The predicted molar refractivity (Wildman–Crippen MR) is 131 cm³/mol. The molecular formula is C28H47NO2. The number of unbranched alkanes of at least 4 members (excludes halogenated alkanes) is 6. The number of ether oxygens (including phenoxy) is 1. The van der Waals surface area contributed by atoms with E-state index in [1.54, 1.807) is 0 Å². The van der Waals surface area contributed by atoms with Crippen molar-refractivity contribution in [2.45, 2.75) is 110 Å². The molecule has 176 valence electrons. The van der Waals surface area contributed by atoms with Gasteiger partial charge in [0.2, 0.25) is 0 Å². The first kappa shape index (κ1) is 25.9. The van der Waals surface area contributed by atoms with E-state index in [1.807, 2.05) is 0 Å². The molecule has 3 nitrogen and oxygen atoms in total. The lowest BCUT2D eigenvalue weighted by Crippen LogP contribution is -2.48. The lowest BCUT2D eigenvalue weighted by Gasteiger charge is -2.41. The third-order valence-corrected chi connectivity index (χ3v) is 6.71. The number of piperidine rings is 1. The van der Waals surface area contributed by atoms with Crippen molar-refractivity contribution in [3.63, 3.8) is 0 Å². The highest BCUT2D eigenvalue weighted by molar-refractivity contribution is 5.70. The zero-order chi connectivity index (χ0) is 22.4. The van der Waals surface area contributed by atoms with Crippen molar-refractivity contribution in [1.82, 2.24) is 4.90 Å². The second kappa shape index (κ2) is 14.7. The average molecular weight is 430 g/mol. The minimum Gasteiger partial charge on any atom is -0.459 e. The summed E-state index contributed by atoms with van der Waals surface area (Å²) in [5.74, 6) is 0.785. The highest BCUT2D eigenvalue weighted by atomic mass is 16.6. The molecule has 0 saturated carbocycles. The summed E-state index contributed by atoms with van der Waals surface area (Å²) in [5, 5.41) is 0. The molecule has 1 aromatic carbocycles. The van der Waals surface area contributed by atoms with E-state index in [4.69, 9.17) is 4.74 Å². The van der Waals surface area contributed by atoms with Crippen LogP contribution in [0.4, 0.5) is 0 Å². The summed E-state index contributed by atoms with van der Waals surface area (Å²) in [6.07, 6.45) is 14.5. The van der Waals surface area contributed by atoms with Crippen molar-refractivity contribution in [3.05, 3.63) is 35.9 Å². The van der Waals surface area contributed by atoms with Crippen molar-refractivity contribution in [2.24, 2.45) is 5.92 Å². The van der Waals surface area contributed by atoms with Gasteiger partial charge in [-0.15, -0.1) is 0 Å². The number of nitrogens with zero attached hydrogens (tertiary/aromatic N) is 1. The Morgan fingerprint density at radius 1 is 0.968 bits per heavy atom. The Labute approximate surface area is 191 Å². The molecule has 0 aliphatic carbocycles. The number of carbonyl (C=O) groups is 1. The van der Waals surface area contributed by atoms with Crippen LogP contribution in [0.15, 0.2) is 30.3 Å². The molecule has 1 aliphatic heterocycles. The Hall–Kier alpha value is -1.35. The van der Waals surface area contributed by atoms with E-state index in [2.05, 4.69) is 56.0 Å². The van der Waals surface area contributed by atoms with Gasteiger partial charge in [0.25, 0.3) is 0 Å². The van der Waals surface area contributed by atoms with Gasteiger partial charge in [-0.1, -0.05) is 89.6 Å². The van der Waals surface area contributed by atoms with Crippen molar-refractivity contribution in [1.29, 1.82) is 0 Å². The zero-order valence-electron chi connectivity index (χ0n) is 20.5. The Balaban J connectivity index is 1.82. The van der Waals surface area contributed by atoms with Gasteiger partial charge in [-0.05, 0) is 37.3 Å². The molecule has 31 heavy (non-hydrogen) atoms. The summed E-state index contributed by atoms with van der Waals surface area (Å²) in [5.41, 5.74) is 0.952. The van der Waals surface area contributed by atoms with E-state index in [9.17, 15) is 4.79 Å². The molecule has 2 rings (SSSR count). The fraction of sp³-hybridized carbons (Fsp3) is 0.750. The van der Waals surface area contributed by atoms with Gasteiger partial charge in [-0.25, -0.2) is 0 Å². The summed E-state index contributed by atoms with van der Waals surface area (Å²) in [6, 6.07) is 10.6. The number of carbonyl (C=O) groups excluding carboxylic acids is 1. The van der Waals surface area contributed by atoms with Crippen molar-refractivity contribution in [2.75, 3.05) is 19.6 Å². The van der Waals surface area contributed by atoms with Crippen LogP contribution >= 0.6 is 0 Å². The second-order valence-electron chi connectivity index (χ2n) is 10.1. The molecule has 3 heteroatoms. The molecular weight excluding hydrogens is 382 g/mol. The molecule has 0 N–H and O–H groups in total. The van der Waals surface area contributed by atoms with Crippen LogP contribution in [0.2, 0.25) is 0 Å². The van der Waals surface area contributed by atoms with Crippen LogP contribution < -0.4 is 0 Å². The van der Waals surface area contributed by atoms with Crippen LogP contribution in [-0.2, 0) is 16.0 Å². The van der Waals surface area contributed by atoms with Crippen LogP contribution in [0.5, 0.6) is 0 Å². The number of likely N-dealkylation sites (tertiary alicyclic amines) is 1. The third kappa shape index (κ3) is 10.7. The van der Waals surface area contributed by atoms with E-state index < -0.39 is 0 Å².